The number of ketones is 2. The number of Topliss-reactive ketones (excluding diaryl/α,β-unsaturated/α-hetero) is 2. The van der Waals surface area contributed by atoms with Crippen molar-refractivity contribution in [2.45, 2.75) is 105 Å². The average molecular weight is 531 g/mol. The zero-order valence-corrected chi connectivity index (χ0v) is 24.3. The molecule has 4 rings (SSSR count). The Morgan fingerprint density at radius 2 is 1.71 bits per heavy atom. The molecule has 0 saturated heterocycles. The Balaban J connectivity index is 1.72. The van der Waals surface area contributed by atoms with Crippen molar-refractivity contribution in [3.8, 4) is 0 Å². The van der Waals surface area contributed by atoms with E-state index in [4.69, 9.17) is 4.74 Å². The van der Waals surface area contributed by atoms with E-state index >= 15 is 0 Å². The number of esters is 1. The van der Waals surface area contributed by atoms with Gasteiger partial charge >= 0.3 is 5.97 Å². The minimum absolute atomic E-state index is 0.00347. The summed E-state index contributed by atoms with van der Waals surface area (Å²) in [4.78, 5) is 38.8. The first-order chi connectivity index (χ1) is 17.5. The molecule has 0 aromatic heterocycles. The molecule has 3 N–H and O–H groups in total. The lowest BCUT2D eigenvalue weighted by molar-refractivity contribution is -0.146. The van der Waals surface area contributed by atoms with Crippen LogP contribution in [0.15, 0.2) is 22.8 Å². The largest absolute Gasteiger partial charge is 0.469 e. The molecular formula is C31H46O7. The predicted molar refractivity (Wildman–Crippen MR) is 143 cm³/mol. The van der Waals surface area contributed by atoms with Gasteiger partial charge in [0.05, 0.1) is 31.3 Å². The summed E-state index contributed by atoms with van der Waals surface area (Å²) in [6.45, 7) is 13.7. The van der Waals surface area contributed by atoms with E-state index < -0.39 is 51.9 Å². The first kappa shape index (κ1) is 29.2. The van der Waals surface area contributed by atoms with E-state index in [0.29, 0.717) is 30.4 Å². The summed E-state index contributed by atoms with van der Waals surface area (Å²) in [5, 5.41) is 34.1. The maximum absolute atomic E-state index is 14.1. The zero-order chi connectivity index (χ0) is 28.6. The van der Waals surface area contributed by atoms with E-state index in [2.05, 4.69) is 6.92 Å². The van der Waals surface area contributed by atoms with Gasteiger partial charge in [-0.1, -0.05) is 60.1 Å². The molecule has 0 bridgehead atoms. The second-order valence-electron chi connectivity index (χ2n) is 13.9. The van der Waals surface area contributed by atoms with Gasteiger partial charge in [-0.15, -0.1) is 0 Å². The van der Waals surface area contributed by atoms with Gasteiger partial charge in [0.1, 0.15) is 5.78 Å². The van der Waals surface area contributed by atoms with Gasteiger partial charge in [-0.2, -0.15) is 0 Å². The summed E-state index contributed by atoms with van der Waals surface area (Å²) >= 11 is 0. The number of methoxy groups -OCH3 is 1. The molecule has 0 aromatic carbocycles. The molecule has 0 aromatic rings. The molecule has 0 radical (unpaired) electrons. The van der Waals surface area contributed by atoms with Gasteiger partial charge < -0.3 is 20.1 Å². The SMILES string of the molecule is COC(=O)[C@H](C)CC(=O)C[C@@H](C)C1=C[C@H](O)[C@@]2(C)C3=C(C(=O)C[C@]12C)[C@@]1(C)CC[C@H](O)C(C)(C)[C@H]1C[C@@H]3O. The van der Waals surface area contributed by atoms with Crippen LogP contribution in [-0.4, -0.2) is 58.3 Å². The molecule has 38 heavy (non-hydrogen) atoms. The van der Waals surface area contributed by atoms with Gasteiger partial charge in [-0.3, -0.25) is 14.4 Å². The number of fused-ring (bicyclic) bond motifs is 4. The van der Waals surface area contributed by atoms with Crippen LogP contribution >= 0.6 is 0 Å². The Morgan fingerprint density at radius 1 is 1.08 bits per heavy atom. The molecule has 0 heterocycles. The molecule has 0 spiro atoms. The van der Waals surface area contributed by atoms with Crippen molar-refractivity contribution in [2.75, 3.05) is 7.11 Å². The van der Waals surface area contributed by atoms with Crippen LogP contribution in [0.1, 0.15) is 87.0 Å². The van der Waals surface area contributed by atoms with Crippen LogP contribution in [0.5, 0.6) is 0 Å². The van der Waals surface area contributed by atoms with Crippen LogP contribution in [0.25, 0.3) is 0 Å². The summed E-state index contributed by atoms with van der Waals surface area (Å²) in [5.41, 5.74) is -0.427. The monoisotopic (exact) mass is 530 g/mol. The minimum atomic E-state index is -0.913. The highest BCUT2D eigenvalue weighted by atomic mass is 16.5. The fourth-order valence-electron chi connectivity index (χ4n) is 8.96. The number of aliphatic hydroxyl groups excluding tert-OH is 3. The Labute approximate surface area is 226 Å². The number of carbonyl (C=O) groups excluding carboxylic acids is 3. The first-order valence-corrected chi connectivity index (χ1v) is 14.1. The lowest BCUT2D eigenvalue weighted by Crippen LogP contribution is -2.61. The zero-order valence-electron chi connectivity index (χ0n) is 24.3. The van der Waals surface area contributed by atoms with E-state index in [1.54, 1.807) is 13.0 Å². The number of carbonyl (C=O) groups is 3. The molecule has 4 aliphatic carbocycles. The van der Waals surface area contributed by atoms with Crippen molar-refractivity contribution in [3.63, 3.8) is 0 Å². The van der Waals surface area contributed by atoms with Crippen LogP contribution in [0.3, 0.4) is 0 Å². The number of hydrogen-bond acceptors (Lipinski definition) is 7. The third-order valence-electron chi connectivity index (χ3n) is 11.4. The van der Waals surface area contributed by atoms with Crippen molar-refractivity contribution in [2.24, 2.45) is 39.4 Å². The molecule has 7 heteroatoms. The molecule has 212 valence electrons. The second-order valence-corrected chi connectivity index (χ2v) is 13.9. The fourth-order valence-corrected chi connectivity index (χ4v) is 8.96. The molecule has 0 amide bonds. The normalized spacial score (nSPS) is 41.4. The maximum Gasteiger partial charge on any atom is 0.308 e. The van der Waals surface area contributed by atoms with Gasteiger partial charge in [0, 0.05) is 35.7 Å². The topological polar surface area (TPSA) is 121 Å². The van der Waals surface area contributed by atoms with Crippen molar-refractivity contribution in [3.05, 3.63) is 22.8 Å². The highest BCUT2D eigenvalue weighted by Gasteiger charge is 2.68. The quantitative estimate of drug-likeness (QED) is 0.351. The summed E-state index contributed by atoms with van der Waals surface area (Å²) < 4.78 is 4.75. The van der Waals surface area contributed by atoms with Crippen molar-refractivity contribution in [1.29, 1.82) is 0 Å². The van der Waals surface area contributed by atoms with Crippen LogP contribution in [0.4, 0.5) is 0 Å². The number of allylic oxidation sites excluding steroid dienone is 2. The summed E-state index contributed by atoms with van der Waals surface area (Å²) in [5.74, 6) is -1.33. The summed E-state index contributed by atoms with van der Waals surface area (Å²) in [6, 6.07) is 0. The predicted octanol–water partition coefficient (Wildman–Crippen LogP) is 3.93. The molecule has 9 atom stereocenters. The molecule has 1 fully saturated rings. The van der Waals surface area contributed by atoms with Crippen LogP contribution < -0.4 is 0 Å². The lowest BCUT2D eigenvalue weighted by Gasteiger charge is -2.62. The standard InChI is InChI=1S/C31H46O7/c1-16(11-18(32)12-17(2)27(37)38-8)19-13-24(36)31(7)26-20(33)14-22-28(3,4)23(35)9-10-29(22,5)25(26)21(34)15-30(19,31)6/h13,16-17,20,22-24,33,35-36H,9-12,14-15H2,1-8H3/t16-,17-,20+,22-,23+,24+,29+,30-,31+/m1/s1. The van der Waals surface area contributed by atoms with Crippen molar-refractivity contribution >= 4 is 17.5 Å². The van der Waals surface area contributed by atoms with Crippen LogP contribution in [0, 0.1) is 39.4 Å². The number of ether oxygens (including phenoxy) is 1. The summed E-state index contributed by atoms with van der Waals surface area (Å²) in [7, 11) is 1.31. The highest BCUT2D eigenvalue weighted by Crippen LogP contribution is 2.70. The van der Waals surface area contributed by atoms with E-state index in [1.165, 1.54) is 7.11 Å². The van der Waals surface area contributed by atoms with E-state index in [9.17, 15) is 29.7 Å². The van der Waals surface area contributed by atoms with E-state index in [1.807, 2.05) is 34.6 Å². The van der Waals surface area contributed by atoms with Gasteiger partial charge in [-0.25, -0.2) is 0 Å². The van der Waals surface area contributed by atoms with Crippen molar-refractivity contribution < 1.29 is 34.4 Å². The molecule has 7 nitrogen and oxygen atoms in total. The lowest BCUT2D eigenvalue weighted by atomic mass is 9.42. The fraction of sp³-hybridized carbons (Fsp3) is 0.774. The number of hydrogen-bond donors (Lipinski definition) is 3. The first-order valence-electron chi connectivity index (χ1n) is 14.1. The van der Waals surface area contributed by atoms with E-state index in [0.717, 1.165) is 5.57 Å². The Hall–Kier alpha value is -1.83. The molecule has 0 aliphatic heterocycles. The Kier molecular flexibility index (Phi) is 7.20. The minimum Gasteiger partial charge on any atom is -0.469 e. The van der Waals surface area contributed by atoms with Crippen LogP contribution in [-0.2, 0) is 19.1 Å². The van der Waals surface area contributed by atoms with Gasteiger partial charge in [0.15, 0.2) is 5.78 Å². The third kappa shape index (κ3) is 3.90. The average Bonchev–Trinajstić information content (AvgIpc) is 3.03. The number of rotatable bonds is 6. The Bertz CT molecular complexity index is 1100. The molecule has 0 unspecified atom stereocenters. The maximum atomic E-state index is 14.1. The molecule has 1 saturated carbocycles. The van der Waals surface area contributed by atoms with Gasteiger partial charge in [0.25, 0.3) is 0 Å². The van der Waals surface area contributed by atoms with E-state index in [-0.39, 0.29) is 42.7 Å². The molecule has 4 aliphatic rings. The van der Waals surface area contributed by atoms with Gasteiger partial charge in [0.2, 0.25) is 0 Å². The Morgan fingerprint density at radius 3 is 2.32 bits per heavy atom. The number of aliphatic hydroxyl groups is 3. The smallest absolute Gasteiger partial charge is 0.308 e. The van der Waals surface area contributed by atoms with Gasteiger partial charge in [-0.05, 0) is 47.5 Å². The highest BCUT2D eigenvalue weighted by molar-refractivity contribution is 6.00. The molecular weight excluding hydrogens is 484 g/mol. The third-order valence-corrected chi connectivity index (χ3v) is 11.4. The second kappa shape index (κ2) is 9.38. The van der Waals surface area contributed by atoms with Crippen molar-refractivity contribution in [1.82, 2.24) is 0 Å². The van der Waals surface area contributed by atoms with Crippen LogP contribution in [0.2, 0.25) is 0 Å². The summed E-state index contributed by atoms with van der Waals surface area (Å²) in [6.07, 6.45) is 1.64.